The summed E-state index contributed by atoms with van der Waals surface area (Å²) in [6, 6.07) is 0. The van der Waals surface area contributed by atoms with Crippen molar-refractivity contribution in [2.75, 3.05) is 19.8 Å². The quantitative estimate of drug-likeness (QED) is 0.791. The second-order valence-electron chi connectivity index (χ2n) is 6.09. The highest BCUT2D eigenvalue weighted by Gasteiger charge is 2.40. The van der Waals surface area contributed by atoms with Crippen LogP contribution in [0.2, 0.25) is 0 Å². The van der Waals surface area contributed by atoms with Gasteiger partial charge in [-0.1, -0.05) is 13.3 Å². The van der Waals surface area contributed by atoms with E-state index in [1.54, 1.807) is 0 Å². The van der Waals surface area contributed by atoms with Crippen molar-refractivity contribution in [2.45, 2.75) is 39.0 Å². The van der Waals surface area contributed by atoms with E-state index in [1.807, 2.05) is 6.92 Å². The molecule has 0 aromatic carbocycles. The van der Waals surface area contributed by atoms with Gasteiger partial charge in [-0.25, -0.2) is 0 Å². The Hall–Kier alpha value is -1.10. The van der Waals surface area contributed by atoms with E-state index in [4.69, 9.17) is 9.84 Å². The molecule has 5 nitrogen and oxygen atoms in total. The molecule has 0 aromatic heterocycles. The number of ether oxygens (including phenoxy) is 1. The summed E-state index contributed by atoms with van der Waals surface area (Å²) in [5, 5.41) is 11.9. The van der Waals surface area contributed by atoms with E-state index in [2.05, 4.69) is 5.32 Å². The van der Waals surface area contributed by atoms with Crippen molar-refractivity contribution in [3.05, 3.63) is 0 Å². The molecule has 108 valence electrons. The third kappa shape index (κ3) is 3.47. The van der Waals surface area contributed by atoms with Crippen LogP contribution in [0.4, 0.5) is 0 Å². The fourth-order valence-electron chi connectivity index (χ4n) is 3.09. The summed E-state index contributed by atoms with van der Waals surface area (Å²) in [6.45, 7) is 3.81. The normalized spacial score (nSPS) is 29.3. The molecule has 5 heteroatoms. The van der Waals surface area contributed by atoms with Gasteiger partial charge in [0.15, 0.2) is 0 Å². The number of carboxylic acids is 1. The van der Waals surface area contributed by atoms with Crippen molar-refractivity contribution in [1.29, 1.82) is 0 Å². The lowest BCUT2D eigenvalue weighted by molar-refractivity contribution is -0.142. The minimum absolute atomic E-state index is 0.00991. The molecule has 19 heavy (non-hydrogen) atoms. The van der Waals surface area contributed by atoms with E-state index in [0.717, 1.165) is 25.7 Å². The number of carbonyl (C=O) groups is 2. The predicted octanol–water partition coefficient (Wildman–Crippen LogP) is 1.42. The molecule has 2 atom stereocenters. The van der Waals surface area contributed by atoms with Gasteiger partial charge in [0, 0.05) is 25.7 Å². The minimum Gasteiger partial charge on any atom is -0.481 e. The molecule has 2 N–H and O–H groups in total. The number of hydrogen-bond acceptors (Lipinski definition) is 3. The summed E-state index contributed by atoms with van der Waals surface area (Å²) in [5.41, 5.74) is -0.199. The number of aliphatic carboxylic acids is 1. The molecular formula is C14H23NO4. The Morgan fingerprint density at radius 1 is 1.42 bits per heavy atom. The van der Waals surface area contributed by atoms with Gasteiger partial charge in [-0.2, -0.15) is 0 Å². The number of rotatable bonds is 5. The highest BCUT2D eigenvalue weighted by Crippen LogP contribution is 2.43. The van der Waals surface area contributed by atoms with Crippen LogP contribution in [0, 0.1) is 17.3 Å². The number of carbonyl (C=O) groups excluding carboxylic acids is 1. The number of hydrogen-bond donors (Lipinski definition) is 2. The molecule has 0 radical (unpaired) electrons. The van der Waals surface area contributed by atoms with Gasteiger partial charge in [0.25, 0.3) is 0 Å². The molecule has 1 amide bonds. The average molecular weight is 269 g/mol. The van der Waals surface area contributed by atoms with Crippen molar-refractivity contribution in [3.63, 3.8) is 0 Å². The SMILES string of the molecule is CC1COCCC1C(=O)NCC1(CC(=O)O)CCC1. The van der Waals surface area contributed by atoms with Crippen molar-refractivity contribution < 1.29 is 19.4 Å². The first-order valence-electron chi connectivity index (χ1n) is 7.10. The van der Waals surface area contributed by atoms with Gasteiger partial charge in [0.1, 0.15) is 0 Å². The van der Waals surface area contributed by atoms with Gasteiger partial charge in [0.05, 0.1) is 6.42 Å². The molecule has 1 aliphatic heterocycles. The number of nitrogens with one attached hydrogen (secondary N) is 1. The molecule has 1 heterocycles. The molecule has 2 rings (SSSR count). The van der Waals surface area contributed by atoms with Crippen LogP contribution in [0.3, 0.4) is 0 Å². The van der Waals surface area contributed by atoms with Crippen LogP contribution >= 0.6 is 0 Å². The van der Waals surface area contributed by atoms with Gasteiger partial charge >= 0.3 is 5.97 Å². The minimum atomic E-state index is -0.770. The van der Waals surface area contributed by atoms with Crippen LogP contribution in [-0.4, -0.2) is 36.7 Å². The van der Waals surface area contributed by atoms with Crippen LogP contribution in [0.15, 0.2) is 0 Å². The molecule has 0 aromatic rings. The van der Waals surface area contributed by atoms with Crippen molar-refractivity contribution in [1.82, 2.24) is 5.32 Å². The molecule has 1 saturated heterocycles. The van der Waals surface area contributed by atoms with Gasteiger partial charge in [0.2, 0.25) is 5.91 Å². The summed E-state index contributed by atoms with van der Waals surface area (Å²) in [7, 11) is 0. The molecule has 2 unspecified atom stereocenters. The first-order valence-corrected chi connectivity index (χ1v) is 7.10. The number of amides is 1. The van der Waals surface area contributed by atoms with E-state index in [-0.39, 0.29) is 29.6 Å². The van der Waals surface area contributed by atoms with E-state index < -0.39 is 5.97 Å². The van der Waals surface area contributed by atoms with E-state index in [0.29, 0.717) is 19.8 Å². The molecule has 0 spiro atoms. The molecule has 0 bridgehead atoms. The highest BCUT2D eigenvalue weighted by molar-refractivity contribution is 5.79. The largest absolute Gasteiger partial charge is 0.481 e. The maximum absolute atomic E-state index is 12.2. The first kappa shape index (κ1) is 14.3. The lowest BCUT2D eigenvalue weighted by atomic mass is 9.66. The maximum Gasteiger partial charge on any atom is 0.303 e. The predicted molar refractivity (Wildman–Crippen MR) is 69.6 cm³/mol. The summed E-state index contributed by atoms with van der Waals surface area (Å²) in [6.07, 6.45) is 3.80. The fraction of sp³-hybridized carbons (Fsp3) is 0.857. The van der Waals surface area contributed by atoms with E-state index in [1.165, 1.54) is 0 Å². The standard InChI is InChI=1S/C14H23NO4/c1-10-8-19-6-3-11(10)13(18)15-9-14(4-2-5-14)7-12(16)17/h10-11H,2-9H2,1H3,(H,15,18)(H,16,17). The van der Waals surface area contributed by atoms with E-state index >= 15 is 0 Å². The number of carboxylic acid groups (broad SMARTS) is 1. The summed E-state index contributed by atoms with van der Waals surface area (Å²) in [4.78, 5) is 23.0. The lowest BCUT2D eigenvalue weighted by Crippen LogP contribution is -2.47. The molecule has 1 saturated carbocycles. The molecule has 1 aliphatic carbocycles. The Kier molecular flexibility index (Phi) is 4.45. The van der Waals surface area contributed by atoms with Crippen molar-refractivity contribution in [3.8, 4) is 0 Å². The fourth-order valence-corrected chi connectivity index (χ4v) is 3.09. The second-order valence-corrected chi connectivity index (χ2v) is 6.09. The Balaban J connectivity index is 1.83. The van der Waals surface area contributed by atoms with Gasteiger partial charge < -0.3 is 15.2 Å². The topological polar surface area (TPSA) is 75.6 Å². The zero-order valence-corrected chi connectivity index (χ0v) is 11.5. The van der Waals surface area contributed by atoms with Crippen LogP contribution in [0.25, 0.3) is 0 Å². The Morgan fingerprint density at radius 2 is 2.16 bits per heavy atom. The molecular weight excluding hydrogens is 246 g/mol. The van der Waals surface area contributed by atoms with Gasteiger partial charge in [-0.3, -0.25) is 9.59 Å². The lowest BCUT2D eigenvalue weighted by Gasteiger charge is -2.41. The van der Waals surface area contributed by atoms with E-state index in [9.17, 15) is 9.59 Å². The monoisotopic (exact) mass is 269 g/mol. The molecule has 2 aliphatic rings. The van der Waals surface area contributed by atoms with Crippen LogP contribution in [0.1, 0.15) is 39.0 Å². The van der Waals surface area contributed by atoms with Crippen LogP contribution in [-0.2, 0) is 14.3 Å². The van der Waals surface area contributed by atoms with Gasteiger partial charge in [-0.15, -0.1) is 0 Å². The van der Waals surface area contributed by atoms with Crippen LogP contribution in [0.5, 0.6) is 0 Å². The third-order valence-corrected chi connectivity index (χ3v) is 4.56. The summed E-state index contributed by atoms with van der Waals surface area (Å²) >= 11 is 0. The van der Waals surface area contributed by atoms with Gasteiger partial charge in [-0.05, 0) is 30.6 Å². The first-order chi connectivity index (χ1) is 9.02. The highest BCUT2D eigenvalue weighted by atomic mass is 16.5. The zero-order chi connectivity index (χ0) is 13.9. The van der Waals surface area contributed by atoms with Crippen molar-refractivity contribution >= 4 is 11.9 Å². The third-order valence-electron chi connectivity index (χ3n) is 4.56. The Morgan fingerprint density at radius 3 is 2.68 bits per heavy atom. The summed E-state index contributed by atoms with van der Waals surface area (Å²) in [5.74, 6) is -0.456. The smallest absolute Gasteiger partial charge is 0.303 e. The Bertz CT molecular complexity index is 351. The Labute approximate surface area is 113 Å². The maximum atomic E-state index is 12.2. The average Bonchev–Trinajstić information content (AvgIpc) is 2.32. The van der Waals surface area contributed by atoms with Crippen LogP contribution < -0.4 is 5.32 Å². The van der Waals surface area contributed by atoms with Crippen molar-refractivity contribution in [2.24, 2.45) is 17.3 Å². The zero-order valence-electron chi connectivity index (χ0n) is 11.5. The second kappa shape index (κ2) is 5.90. The summed E-state index contributed by atoms with van der Waals surface area (Å²) < 4.78 is 5.33. The molecule has 2 fully saturated rings.